The van der Waals surface area contributed by atoms with Gasteiger partial charge in [0.05, 0.1) is 33.3 Å². The van der Waals surface area contributed by atoms with E-state index in [4.69, 9.17) is 14.2 Å². The number of carbonyl (C=O) groups is 2. The van der Waals surface area contributed by atoms with Crippen LogP contribution in [0.3, 0.4) is 0 Å². The fourth-order valence-electron chi connectivity index (χ4n) is 2.62. The van der Waals surface area contributed by atoms with Gasteiger partial charge in [0.15, 0.2) is 0 Å². The van der Waals surface area contributed by atoms with Crippen molar-refractivity contribution in [1.29, 1.82) is 0 Å². The van der Waals surface area contributed by atoms with Crippen molar-refractivity contribution in [1.82, 2.24) is 5.32 Å². The Kier molecular flexibility index (Phi) is 7.68. The molecule has 0 heterocycles. The number of methoxy groups -OCH3 is 2. The molecule has 1 amide bonds. The van der Waals surface area contributed by atoms with Gasteiger partial charge in [-0.05, 0) is 36.2 Å². The van der Waals surface area contributed by atoms with Gasteiger partial charge >= 0.3 is 5.97 Å². The van der Waals surface area contributed by atoms with E-state index in [9.17, 15) is 14.7 Å². The minimum atomic E-state index is -1.01. The summed E-state index contributed by atoms with van der Waals surface area (Å²) in [6.07, 6.45) is 0.644. The summed E-state index contributed by atoms with van der Waals surface area (Å²) in [6, 6.07) is 11.1. The van der Waals surface area contributed by atoms with Gasteiger partial charge in [0, 0.05) is 11.6 Å². The van der Waals surface area contributed by atoms with Crippen molar-refractivity contribution < 1.29 is 28.9 Å². The van der Waals surface area contributed by atoms with Gasteiger partial charge in [-0.1, -0.05) is 19.1 Å². The van der Waals surface area contributed by atoms with Crippen LogP contribution in [0, 0.1) is 0 Å². The van der Waals surface area contributed by atoms with E-state index in [2.05, 4.69) is 5.32 Å². The van der Waals surface area contributed by atoms with Crippen LogP contribution in [0.4, 0.5) is 0 Å². The second kappa shape index (κ2) is 10.2. The van der Waals surface area contributed by atoms with Crippen molar-refractivity contribution in [3.8, 4) is 17.2 Å². The molecular weight excluding hydrogens is 362 g/mol. The number of aliphatic carboxylic acids is 1. The van der Waals surface area contributed by atoms with E-state index in [1.807, 2.05) is 6.92 Å². The first-order valence-electron chi connectivity index (χ1n) is 8.95. The van der Waals surface area contributed by atoms with Crippen LogP contribution in [-0.2, 0) is 4.79 Å². The van der Waals surface area contributed by atoms with Crippen molar-refractivity contribution in [2.24, 2.45) is 0 Å². The van der Waals surface area contributed by atoms with E-state index in [1.54, 1.807) is 42.5 Å². The van der Waals surface area contributed by atoms with Gasteiger partial charge in [0.25, 0.3) is 5.91 Å². The molecule has 0 radical (unpaired) electrons. The van der Waals surface area contributed by atoms with E-state index < -0.39 is 17.9 Å². The Morgan fingerprint density at radius 2 is 1.61 bits per heavy atom. The molecule has 2 N–H and O–H groups in total. The van der Waals surface area contributed by atoms with Gasteiger partial charge in [-0.2, -0.15) is 0 Å². The smallest absolute Gasteiger partial charge is 0.305 e. The van der Waals surface area contributed by atoms with E-state index in [1.165, 1.54) is 14.2 Å². The third-order valence-electron chi connectivity index (χ3n) is 4.05. The maximum Gasteiger partial charge on any atom is 0.305 e. The molecule has 2 rings (SSSR count). The molecule has 0 spiro atoms. The molecule has 150 valence electrons. The number of nitrogens with one attached hydrogen (secondary N) is 1. The standard InChI is InChI=1S/C21H25NO6/c1-4-9-28-16-7-5-14(6-8-16)19(13-20(23)24)22-21(25)15-10-17(26-2)12-18(11-15)27-3/h5-8,10-12,19H,4,9,13H2,1-3H3,(H,22,25)(H,23,24). The van der Waals surface area contributed by atoms with Gasteiger partial charge in [-0.15, -0.1) is 0 Å². The monoisotopic (exact) mass is 387 g/mol. The largest absolute Gasteiger partial charge is 0.497 e. The van der Waals surface area contributed by atoms with E-state index in [0.717, 1.165) is 6.42 Å². The quantitative estimate of drug-likeness (QED) is 0.649. The Hall–Kier alpha value is -3.22. The molecule has 2 aromatic carbocycles. The zero-order chi connectivity index (χ0) is 20.5. The molecular formula is C21H25NO6. The highest BCUT2D eigenvalue weighted by atomic mass is 16.5. The van der Waals surface area contributed by atoms with Crippen LogP contribution < -0.4 is 19.5 Å². The van der Waals surface area contributed by atoms with Gasteiger partial charge < -0.3 is 24.6 Å². The molecule has 0 aliphatic rings. The highest BCUT2D eigenvalue weighted by Crippen LogP contribution is 2.25. The number of amides is 1. The molecule has 1 atom stereocenters. The van der Waals surface area contributed by atoms with Crippen LogP contribution >= 0.6 is 0 Å². The predicted molar refractivity (Wildman–Crippen MR) is 104 cm³/mol. The van der Waals surface area contributed by atoms with E-state index in [-0.39, 0.29) is 6.42 Å². The molecule has 7 heteroatoms. The highest BCUT2D eigenvalue weighted by Gasteiger charge is 2.20. The number of benzene rings is 2. The first-order valence-corrected chi connectivity index (χ1v) is 8.95. The van der Waals surface area contributed by atoms with Gasteiger partial charge in [-0.3, -0.25) is 9.59 Å². The van der Waals surface area contributed by atoms with Crippen LogP contribution in [0.25, 0.3) is 0 Å². The van der Waals surface area contributed by atoms with Crippen LogP contribution in [0.5, 0.6) is 17.2 Å². The number of hydrogen-bond acceptors (Lipinski definition) is 5. The maximum absolute atomic E-state index is 12.7. The Labute approximate surface area is 164 Å². The average Bonchev–Trinajstić information content (AvgIpc) is 2.71. The van der Waals surface area contributed by atoms with E-state index in [0.29, 0.717) is 35.0 Å². The Morgan fingerprint density at radius 3 is 2.11 bits per heavy atom. The first kappa shape index (κ1) is 21.1. The number of rotatable bonds is 10. The summed E-state index contributed by atoms with van der Waals surface area (Å²) >= 11 is 0. The lowest BCUT2D eigenvalue weighted by Gasteiger charge is -2.18. The topological polar surface area (TPSA) is 94.1 Å². The lowest BCUT2D eigenvalue weighted by atomic mass is 10.0. The fourth-order valence-corrected chi connectivity index (χ4v) is 2.62. The maximum atomic E-state index is 12.7. The van der Waals surface area contributed by atoms with Crippen molar-refractivity contribution in [2.75, 3.05) is 20.8 Å². The van der Waals surface area contributed by atoms with Crippen molar-refractivity contribution in [3.63, 3.8) is 0 Å². The third-order valence-corrected chi connectivity index (χ3v) is 4.05. The summed E-state index contributed by atoms with van der Waals surface area (Å²) < 4.78 is 15.9. The average molecular weight is 387 g/mol. The molecule has 28 heavy (non-hydrogen) atoms. The molecule has 2 aromatic rings. The third kappa shape index (κ3) is 5.90. The van der Waals surface area contributed by atoms with Crippen LogP contribution in [0.15, 0.2) is 42.5 Å². The van der Waals surface area contributed by atoms with Crippen LogP contribution in [-0.4, -0.2) is 37.8 Å². The number of hydrogen-bond donors (Lipinski definition) is 2. The molecule has 0 fully saturated rings. The summed E-state index contributed by atoms with van der Waals surface area (Å²) in [4.78, 5) is 24.0. The van der Waals surface area contributed by atoms with Gasteiger partial charge in [0.1, 0.15) is 17.2 Å². The highest BCUT2D eigenvalue weighted by molar-refractivity contribution is 5.95. The molecule has 1 unspecified atom stereocenters. The molecule has 7 nitrogen and oxygen atoms in total. The van der Waals surface area contributed by atoms with Crippen molar-refractivity contribution in [2.45, 2.75) is 25.8 Å². The van der Waals surface area contributed by atoms with Crippen molar-refractivity contribution in [3.05, 3.63) is 53.6 Å². The van der Waals surface area contributed by atoms with E-state index >= 15 is 0 Å². The molecule has 0 bridgehead atoms. The summed E-state index contributed by atoms with van der Waals surface area (Å²) in [5, 5.41) is 12.0. The summed E-state index contributed by atoms with van der Waals surface area (Å²) in [7, 11) is 2.98. The predicted octanol–water partition coefficient (Wildman–Crippen LogP) is 3.44. The van der Waals surface area contributed by atoms with Crippen molar-refractivity contribution >= 4 is 11.9 Å². The minimum absolute atomic E-state index is 0.248. The SMILES string of the molecule is CCCOc1ccc(C(CC(=O)O)NC(=O)c2cc(OC)cc(OC)c2)cc1. The van der Waals surface area contributed by atoms with Gasteiger partial charge in [0.2, 0.25) is 0 Å². The molecule has 0 saturated heterocycles. The number of carboxylic acids is 1. The zero-order valence-corrected chi connectivity index (χ0v) is 16.2. The second-order valence-electron chi connectivity index (χ2n) is 6.14. The summed E-state index contributed by atoms with van der Waals surface area (Å²) in [5.41, 5.74) is 0.990. The number of carboxylic acid groups (broad SMARTS) is 1. The van der Waals surface area contributed by atoms with Crippen LogP contribution in [0.1, 0.15) is 41.7 Å². The lowest BCUT2D eigenvalue weighted by Crippen LogP contribution is -2.30. The Bertz CT molecular complexity index is 781. The zero-order valence-electron chi connectivity index (χ0n) is 16.2. The van der Waals surface area contributed by atoms with Gasteiger partial charge in [-0.25, -0.2) is 0 Å². The molecule has 0 aromatic heterocycles. The number of ether oxygens (including phenoxy) is 3. The first-order chi connectivity index (χ1) is 13.5. The molecule has 0 aliphatic heterocycles. The fraction of sp³-hybridized carbons (Fsp3) is 0.333. The molecule has 0 aliphatic carbocycles. The summed E-state index contributed by atoms with van der Waals surface area (Å²) in [6.45, 7) is 2.62. The number of carbonyl (C=O) groups excluding carboxylic acids is 1. The Balaban J connectivity index is 2.22. The minimum Gasteiger partial charge on any atom is -0.497 e. The molecule has 0 saturated carbocycles. The lowest BCUT2D eigenvalue weighted by molar-refractivity contribution is -0.137. The van der Waals surface area contributed by atoms with Crippen LogP contribution in [0.2, 0.25) is 0 Å². The summed E-state index contributed by atoms with van der Waals surface area (Å²) in [5.74, 6) is 0.201. The Morgan fingerprint density at radius 1 is 1.00 bits per heavy atom. The normalized spacial score (nSPS) is 11.4. The second-order valence-corrected chi connectivity index (χ2v) is 6.14.